The molecule has 1 amide bonds. The normalized spacial score (nSPS) is 16.1. The summed E-state index contributed by atoms with van der Waals surface area (Å²) in [6.07, 6.45) is 8.92. The van der Waals surface area contributed by atoms with Gasteiger partial charge in [0.05, 0.1) is 6.20 Å². The zero-order valence-corrected chi connectivity index (χ0v) is 13.9. The van der Waals surface area contributed by atoms with Crippen molar-refractivity contribution in [3.05, 3.63) is 54.6 Å². The highest BCUT2D eigenvalue weighted by atomic mass is 16.3. The van der Waals surface area contributed by atoms with Gasteiger partial charge < -0.3 is 9.32 Å². The Kier molecular flexibility index (Phi) is 4.33. The van der Waals surface area contributed by atoms with E-state index in [2.05, 4.69) is 10.3 Å². The Bertz CT molecular complexity index is 841. The first-order valence-electron chi connectivity index (χ1n) is 8.57. The van der Waals surface area contributed by atoms with Crippen molar-refractivity contribution in [3.63, 3.8) is 0 Å². The summed E-state index contributed by atoms with van der Waals surface area (Å²) < 4.78 is 7.57. The first kappa shape index (κ1) is 15.6. The molecule has 6 nitrogen and oxygen atoms in total. The minimum Gasteiger partial charge on any atom is -0.457 e. The Morgan fingerprint density at radius 3 is 2.88 bits per heavy atom. The van der Waals surface area contributed by atoms with Gasteiger partial charge in [0.15, 0.2) is 0 Å². The molecule has 2 aromatic heterocycles. The molecule has 1 aliphatic heterocycles. The van der Waals surface area contributed by atoms with Crippen molar-refractivity contribution in [2.45, 2.75) is 19.4 Å². The van der Waals surface area contributed by atoms with Gasteiger partial charge in [-0.15, -0.1) is 5.10 Å². The maximum atomic E-state index is 12.4. The summed E-state index contributed by atoms with van der Waals surface area (Å²) >= 11 is 0. The number of piperidine rings is 1. The number of para-hydroxylation sites is 1. The molecule has 0 spiro atoms. The number of carbonyl (C=O) groups is 1. The fourth-order valence-corrected chi connectivity index (χ4v) is 3.27. The molecule has 128 valence electrons. The van der Waals surface area contributed by atoms with Crippen molar-refractivity contribution in [1.29, 1.82) is 0 Å². The third-order valence-electron chi connectivity index (χ3n) is 4.68. The average molecular weight is 336 g/mol. The van der Waals surface area contributed by atoms with E-state index in [1.54, 1.807) is 18.3 Å². The van der Waals surface area contributed by atoms with E-state index in [4.69, 9.17) is 4.42 Å². The van der Waals surface area contributed by atoms with Gasteiger partial charge in [-0.3, -0.25) is 9.48 Å². The van der Waals surface area contributed by atoms with Crippen LogP contribution in [0.4, 0.5) is 0 Å². The molecule has 1 fully saturated rings. The molecule has 3 aromatic rings. The number of fused-ring (bicyclic) bond motifs is 1. The van der Waals surface area contributed by atoms with Crippen LogP contribution in [0.3, 0.4) is 0 Å². The topological polar surface area (TPSA) is 64.2 Å². The van der Waals surface area contributed by atoms with Crippen molar-refractivity contribution < 1.29 is 9.21 Å². The second-order valence-corrected chi connectivity index (χ2v) is 6.41. The molecule has 6 heteroatoms. The van der Waals surface area contributed by atoms with Gasteiger partial charge in [-0.2, -0.15) is 0 Å². The number of hydrogen-bond acceptors (Lipinski definition) is 4. The molecule has 1 aromatic carbocycles. The van der Waals surface area contributed by atoms with Crippen molar-refractivity contribution in [2.75, 3.05) is 13.1 Å². The van der Waals surface area contributed by atoms with Crippen molar-refractivity contribution in [3.8, 4) is 0 Å². The van der Waals surface area contributed by atoms with Gasteiger partial charge in [0.25, 0.3) is 0 Å². The van der Waals surface area contributed by atoms with Crippen LogP contribution in [-0.4, -0.2) is 38.9 Å². The van der Waals surface area contributed by atoms with Crippen LogP contribution in [0.1, 0.15) is 18.6 Å². The summed E-state index contributed by atoms with van der Waals surface area (Å²) in [5.41, 5.74) is 0.837. The highest BCUT2D eigenvalue weighted by Gasteiger charge is 2.22. The Morgan fingerprint density at radius 1 is 1.28 bits per heavy atom. The first-order chi connectivity index (χ1) is 12.3. The zero-order valence-electron chi connectivity index (χ0n) is 13.9. The Morgan fingerprint density at radius 2 is 2.12 bits per heavy atom. The molecule has 3 heterocycles. The number of hydrogen-bond donors (Lipinski definition) is 0. The Balaban J connectivity index is 1.32. The minimum atomic E-state index is 0.0414. The van der Waals surface area contributed by atoms with Gasteiger partial charge in [-0.05, 0) is 37.0 Å². The number of aromatic nitrogens is 3. The number of furan rings is 1. The predicted octanol–water partition coefficient (Wildman–Crippen LogP) is 2.98. The minimum absolute atomic E-state index is 0.0414. The van der Waals surface area contributed by atoms with Gasteiger partial charge >= 0.3 is 0 Å². The van der Waals surface area contributed by atoms with Gasteiger partial charge in [-0.25, -0.2) is 0 Å². The van der Waals surface area contributed by atoms with Crippen LogP contribution >= 0.6 is 0 Å². The Labute approximate surface area is 145 Å². The van der Waals surface area contributed by atoms with E-state index >= 15 is 0 Å². The van der Waals surface area contributed by atoms with Gasteiger partial charge in [0.2, 0.25) is 5.91 Å². The number of nitrogens with zero attached hydrogens (tertiary/aromatic N) is 4. The summed E-state index contributed by atoms with van der Waals surface area (Å²) in [4.78, 5) is 14.3. The second-order valence-electron chi connectivity index (χ2n) is 6.41. The molecule has 0 radical (unpaired) electrons. The van der Waals surface area contributed by atoms with E-state index in [-0.39, 0.29) is 5.91 Å². The van der Waals surface area contributed by atoms with Crippen LogP contribution in [-0.2, 0) is 11.3 Å². The number of carbonyl (C=O) groups excluding carboxylic acids is 1. The number of benzene rings is 1. The van der Waals surface area contributed by atoms with E-state index in [1.807, 2.05) is 46.1 Å². The third kappa shape index (κ3) is 3.63. The molecule has 0 unspecified atom stereocenters. The largest absolute Gasteiger partial charge is 0.457 e. The van der Waals surface area contributed by atoms with Gasteiger partial charge in [0, 0.05) is 37.3 Å². The summed E-state index contributed by atoms with van der Waals surface area (Å²) in [5, 5.41) is 8.88. The molecular formula is C19H20N4O2. The molecule has 1 aliphatic rings. The van der Waals surface area contributed by atoms with Crippen LogP contribution in [0.5, 0.6) is 0 Å². The molecule has 4 rings (SSSR count). The van der Waals surface area contributed by atoms with Crippen LogP contribution in [0.2, 0.25) is 0 Å². The van der Waals surface area contributed by atoms with Crippen LogP contribution in [0, 0.1) is 5.92 Å². The number of amides is 1. The molecule has 0 saturated carbocycles. The van der Waals surface area contributed by atoms with Crippen LogP contribution in [0.15, 0.2) is 53.2 Å². The lowest BCUT2D eigenvalue weighted by atomic mass is 9.97. The van der Waals surface area contributed by atoms with E-state index in [1.165, 1.54) is 0 Å². The molecule has 0 bridgehead atoms. The monoisotopic (exact) mass is 336 g/mol. The summed E-state index contributed by atoms with van der Waals surface area (Å²) in [6.45, 7) is 2.43. The maximum Gasteiger partial charge on any atom is 0.246 e. The highest BCUT2D eigenvalue weighted by molar-refractivity contribution is 5.92. The first-order valence-corrected chi connectivity index (χ1v) is 8.57. The highest BCUT2D eigenvalue weighted by Crippen LogP contribution is 2.21. The zero-order chi connectivity index (χ0) is 17.1. The van der Waals surface area contributed by atoms with E-state index in [0.29, 0.717) is 11.7 Å². The maximum absolute atomic E-state index is 12.4. The lowest BCUT2D eigenvalue weighted by Crippen LogP contribution is -2.38. The van der Waals surface area contributed by atoms with Gasteiger partial charge in [-0.1, -0.05) is 23.4 Å². The smallest absolute Gasteiger partial charge is 0.246 e. The van der Waals surface area contributed by atoms with E-state index in [0.717, 1.165) is 43.4 Å². The SMILES string of the molecule is O=C(C=Cc1cc2ccccc2o1)N1CCC(Cn2ccnn2)CC1. The lowest BCUT2D eigenvalue weighted by molar-refractivity contribution is -0.127. The fourth-order valence-electron chi connectivity index (χ4n) is 3.27. The standard InChI is InChI=1S/C19H20N4O2/c24-19(6-5-17-13-16-3-1-2-4-18(16)25-17)22-10-7-15(8-11-22)14-23-12-9-20-21-23/h1-6,9,12-13,15H,7-8,10-11,14H2. The number of rotatable bonds is 4. The van der Waals surface area contributed by atoms with Crippen LogP contribution in [0.25, 0.3) is 17.0 Å². The molecule has 0 atom stereocenters. The van der Waals surface area contributed by atoms with Crippen molar-refractivity contribution >= 4 is 23.0 Å². The summed E-state index contributed by atoms with van der Waals surface area (Å²) in [6, 6.07) is 9.78. The average Bonchev–Trinajstić information content (AvgIpc) is 3.29. The molecule has 0 N–H and O–H groups in total. The van der Waals surface area contributed by atoms with E-state index < -0.39 is 0 Å². The van der Waals surface area contributed by atoms with Crippen LogP contribution < -0.4 is 0 Å². The van der Waals surface area contributed by atoms with E-state index in [9.17, 15) is 4.79 Å². The van der Waals surface area contributed by atoms with Gasteiger partial charge in [0.1, 0.15) is 11.3 Å². The quantitative estimate of drug-likeness (QED) is 0.687. The molecular weight excluding hydrogens is 316 g/mol. The summed E-state index contributed by atoms with van der Waals surface area (Å²) in [5.74, 6) is 1.29. The molecule has 25 heavy (non-hydrogen) atoms. The van der Waals surface area contributed by atoms with Crippen molar-refractivity contribution in [2.24, 2.45) is 5.92 Å². The second kappa shape index (κ2) is 6.93. The molecule has 1 saturated heterocycles. The predicted molar refractivity (Wildman–Crippen MR) is 94.6 cm³/mol. The number of likely N-dealkylation sites (tertiary alicyclic amines) is 1. The Hall–Kier alpha value is -2.89. The summed E-state index contributed by atoms with van der Waals surface area (Å²) in [7, 11) is 0. The third-order valence-corrected chi connectivity index (χ3v) is 4.68. The molecule has 0 aliphatic carbocycles. The lowest BCUT2D eigenvalue weighted by Gasteiger charge is -2.31. The van der Waals surface area contributed by atoms with Crippen molar-refractivity contribution in [1.82, 2.24) is 19.9 Å². The fraction of sp³-hybridized carbons (Fsp3) is 0.316.